The zero-order valence-corrected chi connectivity index (χ0v) is 15.3. The Hall–Kier alpha value is -2.04. The highest BCUT2D eigenvalue weighted by atomic mass is 16.5. The van der Waals surface area contributed by atoms with Gasteiger partial charge in [0.1, 0.15) is 0 Å². The quantitative estimate of drug-likeness (QED) is 0.556. The van der Waals surface area contributed by atoms with Crippen molar-refractivity contribution >= 4 is 17.6 Å². The summed E-state index contributed by atoms with van der Waals surface area (Å²) in [7, 11) is 0. The van der Waals surface area contributed by atoms with Crippen LogP contribution in [0.5, 0.6) is 0 Å². The van der Waals surface area contributed by atoms with E-state index in [1.165, 1.54) is 6.42 Å². The number of ether oxygens (including phenoxy) is 1. The van der Waals surface area contributed by atoms with Crippen LogP contribution in [0.2, 0.25) is 0 Å². The van der Waals surface area contributed by atoms with Crippen LogP contribution in [0.3, 0.4) is 0 Å². The molecule has 1 aliphatic rings. The van der Waals surface area contributed by atoms with Gasteiger partial charge in [0.15, 0.2) is 6.61 Å². The Labute approximate surface area is 150 Å². The molecular weight excluding hydrogens is 316 g/mol. The van der Waals surface area contributed by atoms with Gasteiger partial charge in [-0.2, -0.15) is 0 Å². The molecule has 1 aliphatic carbocycles. The maximum absolute atomic E-state index is 12.3. The number of benzene rings is 1. The number of unbranched alkanes of at least 4 members (excludes halogenated alkanes) is 1. The van der Waals surface area contributed by atoms with Crippen molar-refractivity contribution < 1.29 is 14.3 Å². The maximum atomic E-state index is 12.3. The lowest BCUT2D eigenvalue weighted by Gasteiger charge is -2.29. The van der Waals surface area contributed by atoms with Crippen molar-refractivity contribution in [2.75, 3.05) is 18.5 Å². The number of carbonyl (C=O) groups excluding carboxylic acids is 2. The van der Waals surface area contributed by atoms with Gasteiger partial charge in [-0.15, -0.1) is 0 Å². The fourth-order valence-electron chi connectivity index (χ4n) is 3.20. The Bertz CT molecular complexity index is 574. The second kappa shape index (κ2) is 10.1. The van der Waals surface area contributed by atoms with Gasteiger partial charge in [0.2, 0.25) is 0 Å². The van der Waals surface area contributed by atoms with Gasteiger partial charge in [-0.05, 0) is 37.3 Å². The molecule has 0 spiro atoms. The van der Waals surface area contributed by atoms with Gasteiger partial charge in [-0.3, -0.25) is 4.79 Å². The van der Waals surface area contributed by atoms with Gasteiger partial charge >= 0.3 is 5.97 Å². The molecule has 0 radical (unpaired) electrons. The molecule has 2 atom stereocenters. The topological polar surface area (TPSA) is 67.4 Å². The Morgan fingerprint density at radius 1 is 1.20 bits per heavy atom. The molecule has 0 heterocycles. The molecule has 1 aromatic carbocycles. The second-order valence-electron chi connectivity index (χ2n) is 6.84. The van der Waals surface area contributed by atoms with E-state index in [4.69, 9.17) is 4.74 Å². The van der Waals surface area contributed by atoms with Crippen molar-refractivity contribution in [3.8, 4) is 0 Å². The minimum absolute atomic E-state index is 0.197. The van der Waals surface area contributed by atoms with Gasteiger partial charge in [0.05, 0.1) is 5.56 Å². The van der Waals surface area contributed by atoms with Crippen molar-refractivity contribution in [1.82, 2.24) is 5.32 Å². The van der Waals surface area contributed by atoms with Crippen LogP contribution in [0.4, 0.5) is 5.69 Å². The number of anilines is 1. The predicted molar refractivity (Wildman–Crippen MR) is 99.7 cm³/mol. The summed E-state index contributed by atoms with van der Waals surface area (Å²) in [6.07, 6.45) is 6.63. The fourth-order valence-corrected chi connectivity index (χ4v) is 3.20. The SMILES string of the molecule is CCCCNc1ccccc1C(=O)OCC(=O)N[C@@H]1CCCC[C@H]1C. The van der Waals surface area contributed by atoms with Gasteiger partial charge in [0.25, 0.3) is 5.91 Å². The van der Waals surface area contributed by atoms with Gasteiger partial charge in [-0.25, -0.2) is 4.79 Å². The molecule has 0 saturated heterocycles. The average molecular weight is 346 g/mol. The normalized spacial score (nSPS) is 19.9. The summed E-state index contributed by atoms with van der Waals surface area (Å²) >= 11 is 0. The van der Waals surface area contributed by atoms with Crippen LogP contribution in [0, 0.1) is 5.92 Å². The first-order valence-corrected chi connectivity index (χ1v) is 9.41. The van der Waals surface area contributed by atoms with Crippen LogP contribution in [-0.4, -0.2) is 31.1 Å². The molecule has 1 amide bonds. The molecule has 5 nitrogen and oxygen atoms in total. The first kappa shape index (κ1) is 19.3. The Morgan fingerprint density at radius 2 is 1.96 bits per heavy atom. The highest BCUT2D eigenvalue weighted by Gasteiger charge is 2.23. The fraction of sp³-hybridized carbons (Fsp3) is 0.600. The van der Waals surface area contributed by atoms with Crippen LogP contribution < -0.4 is 10.6 Å². The molecular formula is C20H30N2O3. The Kier molecular flexibility index (Phi) is 7.76. The summed E-state index contributed by atoms with van der Waals surface area (Å²) in [4.78, 5) is 24.4. The van der Waals surface area contributed by atoms with E-state index < -0.39 is 5.97 Å². The number of amides is 1. The molecule has 0 aliphatic heterocycles. The molecule has 25 heavy (non-hydrogen) atoms. The zero-order valence-electron chi connectivity index (χ0n) is 15.3. The van der Waals surface area contributed by atoms with E-state index in [2.05, 4.69) is 24.5 Å². The van der Waals surface area contributed by atoms with Gasteiger partial charge < -0.3 is 15.4 Å². The number of rotatable bonds is 8. The number of esters is 1. The molecule has 1 aromatic rings. The number of carbonyl (C=O) groups is 2. The highest BCUT2D eigenvalue weighted by Crippen LogP contribution is 2.23. The van der Waals surface area contributed by atoms with E-state index in [-0.39, 0.29) is 18.6 Å². The third-order valence-electron chi connectivity index (χ3n) is 4.78. The smallest absolute Gasteiger partial charge is 0.340 e. The summed E-state index contributed by atoms with van der Waals surface area (Å²) in [5, 5.41) is 6.25. The van der Waals surface area contributed by atoms with E-state index >= 15 is 0 Å². The minimum Gasteiger partial charge on any atom is -0.452 e. The van der Waals surface area contributed by atoms with Crippen LogP contribution in [-0.2, 0) is 9.53 Å². The van der Waals surface area contributed by atoms with E-state index in [1.807, 2.05) is 12.1 Å². The number of hydrogen-bond acceptors (Lipinski definition) is 4. The number of nitrogens with one attached hydrogen (secondary N) is 2. The van der Waals surface area contributed by atoms with Crippen molar-refractivity contribution in [1.29, 1.82) is 0 Å². The monoisotopic (exact) mass is 346 g/mol. The first-order chi connectivity index (χ1) is 12.1. The molecule has 1 fully saturated rings. The van der Waals surface area contributed by atoms with Crippen molar-refractivity contribution in [3.63, 3.8) is 0 Å². The molecule has 5 heteroatoms. The summed E-state index contributed by atoms with van der Waals surface area (Å²) < 4.78 is 5.22. The predicted octanol–water partition coefficient (Wildman–Crippen LogP) is 3.75. The Morgan fingerprint density at radius 3 is 2.72 bits per heavy atom. The van der Waals surface area contributed by atoms with E-state index in [9.17, 15) is 9.59 Å². The van der Waals surface area contributed by atoms with Gasteiger partial charge in [-0.1, -0.05) is 45.2 Å². The standard InChI is InChI=1S/C20H30N2O3/c1-3-4-13-21-18-12-8-6-10-16(18)20(24)25-14-19(23)22-17-11-7-5-9-15(17)2/h6,8,10,12,15,17,21H,3-5,7,9,11,13-14H2,1-2H3,(H,22,23)/t15-,17-/m1/s1. The van der Waals surface area contributed by atoms with Crippen LogP contribution in [0.1, 0.15) is 62.7 Å². The molecule has 0 unspecified atom stereocenters. The van der Waals surface area contributed by atoms with E-state index in [1.54, 1.807) is 12.1 Å². The minimum atomic E-state index is -0.466. The maximum Gasteiger partial charge on any atom is 0.340 e. The first-order valence-electron chi connectivity index (χ1n) is 9.41. The van der Waals surface area contributed by atoms with Crippen molar-refractivity contribution in [2.45, 2.75) is 58.4 Å². The van der Waals surface area contributed by atoms with Crippen molar-refractivity contribution in [3.05, 3.63) is 29.8 Å². The van der Waals surface area contributed by atoms with Gasteiger partial charge in [0, 0.05) is 18.3 Å². The van der Waals surface area contributed by atoms with E-state index in [0.29, 0.717) is 11.5 Å². The third kappa shape index (κ3) is 6.07. The summed E-state index contributed by atoms with van der Waals surface area (Å²) in [6, 6.07) is 7.45. The number of hydrogen-bond donors (Lipinski definition) is 2. The molecule has 2 rings (SSSR count). The summed E-state index contributed by atoms with van der Waals surface area (Å²) in [6.45, 7) is 4.86. The molecule has 138 valence electrons. The molecule has 1 saturated carbocycles. The third-order valence-corrected chi connectivity index (χ3v) is 4.78. The van der Waals surface area contributed by atoms with Crippen LogP contribution in [0.15, 0.2) is 24.3 Å². The zero-order chi connectivity index (χ0) is 18.1. The molecule has 0 aromatic heterocycles. The Balaban J connectivity index is 1.84. The summed E-state index contributed by atoms with van der Waals surface area (Å²) in [5.74, 6) is -0.202. The summed E-state index contributed by atoms with van der Waals surface area (Å²) in [5.41, 5.74) is 1.22. The largest absolute Gasteiger partial charge is 0.452 e. The number of para-hydroxylation sites is 1. The molecule has 2 N–H and O–H groups in total. The van der Waals surface area contributed by atoms with E-state index in [0.717, 1.165) is 44.3 Å². The lowest BCUT2D eigenvalue weighted by atomic mass is 9.86. The highest BCUT2D eigenvalue weighted by molar-refractivity contribution is 5.96. The van der Waals surface area contributed by atoms with Crippen LogP contribution >= 0.6 is 0 Å². The van der Waals surface area contributed by atoms with Crippen LogP contribution in [0.25, 0.3) is 0 Å². The lowest BCUT2D eigenvalue weighted by molar-refractivity contribution is -0.125. The second-order valence-corrected chi connectivity index (χ2v) is 6.84. The van der Waals surface area contributed by atoms with Crippen molar-refractivity contribution in [2.24, 2.45) is 5.92 Å². The average Bonchev–Trinajstić information content (AvgIpc) is 2.62. The molecule has 0 bridgehead atoms. The lowest BCUT2D eigenvalue weighted by Crippen LogP contribution is -2.42.